The van der Waals surface area contributed by atoms with Crippen LogP contribution in [0.4, 0.5) is 0 Å². The minimum atomic E-state index is 0.977. The number of rotatable bonds is 3. The standard InChI is InChI=1S/C7H11NS/c9-5-1-2-7-3-4-8-6-7/h3-4,6,8-9H,1-2,5H2. The Morgan fingerprint density at radius 3 is 3.00 bits per heavy atom. The topological polar surface area (TPSA) is 15.8 Å². The molecule has 0 radical (unpaired) electrons. The SMILES string of the molecule is SCCCc1cc[nH]c1. The molecule has 0 aliphatic rings. The third kappa shape index (κ3) is 2.14. The van der Waals surface area contributed by atoms with Crippen LogP contribution in [0.5, 0.6) is 0 Å². The van der Waals surface area contributed by atoms with E-state index >= 15 is 0 Å². The van der Waals surface area contributed by atoms with E-state index < -0.39 is 0 Å². The largest absolute Gasteiger partial charge is 0.367 e. The molecule has 0 fully saturated rings. The van der Waals surface area contributed by atoms with Crippen molar-refractivity contribution in [3.63, 3.8) is 0 Å². The van der Waals surface area contributed by atoms with Crippen LogP contribution >= 0.6 is 12.6 Å². The fourth-order valence-corrected chi connectivity index (χ4v) is 0.955. The van der Waals surface area contributed by atoms with Gasteiger partial charge in [0, 0.05) is 12.4 Å². The van der Waals surface area contributed by atoms with E-state index in [9.17, 15) is 0 Å². The molecule has 0 aliphatic carbocycles. The van der Waals surface area contributed by atoms with Gasteiger partial charge in [-0.05, 0) is 30.2 Å². The fraction of sp³-hybridized carbons (Fsp3) is 0.429. The molecule has 0 aliphatic heterocycles. The molecule has 0 unspecified atom stereocenters. The molecule has 0 amide bonds. The second-order valence-electron chi connectivity index (χ2n) is 2.05. The van der Waals surface area contributed by atoms with E-state index in [0.29, 0.717) is 0 Å². The van der Waals surface area contributed by atoms with Crippen molar-refractivity contribution >= 4 is 12.6 Å². The first-order valence-corrected chi connectivity index (χ1v) is 3.79. The van der Waals surface area contributed by atoms with Crippen LogP contribution < -0.4 is 0 Å². The fourth-order valence-electron chi connectivity index (χ4n) is 0.797. The minimum Gasteiger partial charge on any atom is -0.367 e. The first kappa shape index (κ1) is 6.75. The number of hydrogen-bond acceptors (Lipinski definition) is 1. The average molecular weight is 141 g/mol. The summed E-state index contributed by atoms with van der Waals surface area (Å²) in [5, 5.41) is 0. The molecule has 1 aromatic heterocycles. The Morgan fingerprint density at radius 2 is 2.44 bits per heavy atom. The highest BCUT2D eigenvalue weighted by atomic mass is 32.1. The van der Waals surface area contributed by atoms with Crippen molar-refractivity contribution in [2.24, 2.45) is 0 Å². The van der Waals surface area contributed by atoms with Gasteiger partial charge in [-0.15, -0.1) is 0 Å². The molecule has 0 aromatic carbocycles. The van der Waals surface area contributed by atoms with Gasteiger partial charge in [-0.1, -0.05) is 0 Å². The molecular weight excluding hydrogens is 130 g/mol. The highest BCUT2D eigenvalue weighted by molar-refractivity contribution is 7.80. The van der Waals surface area contributed by atoms with E-state index in [4.69, 9.17) is 0 Å². The van der Waals surface area contributed by atoms with Crippen molar-refractivity contribution < 1.29 is 0 Å². The predicted molar refractivity (Wildman–Crippen MR) is 43.0 cm³/mol. The Kier molecular flexibility index (Phi) is 2.71. The molecule has 0 bridgehead atoms. The van der Waals surface area contributed by atoms with Crippen LogP contribution in [0.1, 0.15) is 12.0 Å². The van der Waals surface area contributed by atoms with E-state index in [-0.39, 0.29) is 0 Å². The summed E-state index contributed by atoms with van der Waals surface area (Å²) in [6.07, 6.45) is 6.30. The van der Waals surface area contributed by atoms with Gasteiger partial charge < -0.3 is 4.98 Å². The van der Waals surface area contributed by atoms with E-state index in [1.807, 2.05) is 12.4 Å². The summed E-state index contributed by atoms with van der Waals surface area (Å²) < 4.78 is 0. The molecule has 1 nitrogen and oxygen atoms in total. The zero-order valence-corrected chi connectivity index (χ0v) is 6.20. The van der Waals surface area contributed by atoms with E-state index in [2.05, 4.69) is 23.7 Å². The van der Waals surface area contributed by atoms with Gasteiger partial charge in [0.15, 0.2) is 0 Å². The first-order chi connectivity index (χ1) is 4.43. The molecule has 0 saturated carbocycles. The molecule has 9 heavy (non-hydrogen) atoms. The summed E-state index contributed by atoms with van der Waals surface area (Å²) in [5.41, 5.74) is 1.38. The number of thiol groups is 1. The van der Waals surface area contributed by atoms with E-state index in [0.717, 1.165) is 12.2 Å². The van der Waals surface area contributed by atoms with Crippen molar-refractivity contribution in [1.29, 1.82) is 0 Å². The van der Waals surface area contributed by atoms with Gasteiger partial charge in [-0.2, -0.15) is 12.6 Å². The Bertz CT molecular complexity index is 146. The van der Waals surface area contributed by atoms with Gasteiger partial charge >= 0.3 is 0 Å². The number of aromatic amines is 1. The minimum absolute atomic E-state index is 0.977. The lowest BCUT2D eigenvalue weighted by atomic mass is 10.2. The van der Waals surface area contributed by atoms with E-state index in [1.54, 1.807) is 0 Å². The average Bonchev–Trinajstić information content (AvgIpc) is 2.34. The predicted octanol–water partition coefficient (Wildman–Crippen LogP) is 1.88. The molecule has 1 aromatic rings. The smallest absolute Gasteiger partial charge is 0.00373 e. The van der Waals surface area contributed by atoms with E-state index in [1.165, 1.54) is 12.0 Å². The zero-order valence-electron chi connectivity index (χ0n) is 5.30. The number of aromatic nitrogens is 1. The monoisotopic (exact) mass is 141 g/mol. The van der Waals surface area contributed by atoms with Crippen LogP contribution in [-0.4, -0.2) is 10.7 Å². The third-order valence-corrected chi connectivity index (χ3v) is 1.60. The molecule has 1 rings (SSSR count). The molecule has 1 N–H and O–H groups in total. The van der Waals surface area contributed by atoms with Gasteiger partial charge in [0.2, 0.25) is 0 Å². The van der Waals surface area contributed by atoms with Gasteiger partial charge in [0.1, 0.15) is 0 Å². The summed E-state index contributed by atoms with van der Waals surface area (Å²) in [7, 11) is 0. The maximum Gasteiger partial charge on any atom is 0.00373 e. The van der Waals surface area contributed by atoms with Gasteiger partial charge in [-0.3, -0.25) is 0 Å². The Balaban J connectivity index is 2.30. The second kappa shape index (κ2) is 3.62. The zero-order chi connectivity index (χ0) is 6.53. The number of H-pyrrole nitrogens is 1. The molecular formula is C7H11NS. The van der Waals surface area contributed by atoms with Gasteiger partial charge in [0.25, 0.3) is 0 Å². The quantitative estimate of drug-likeness (QED) is 0.598. The van der Waals surface area contributed by atoms with Crippen LogP contribution in [0.3, 0.4) is 0 Å². The van der Waals surface area contributed by atoms with Gasteiger partial charge in [-0.25, -0.2) is 0 Å². The Hall–Kier alpha value is -0.370. The van der Waals surface area contributed by atoms with Crippen LogP contribution in [0, 0.1) is 0 Å². The second-order valence-corrected chi connectivity index (χ2v) is 2.49. The van der Waals surface area contributed by atoms with Crippen molar-refractivity contribution in [3.8, 4) is 0 Å². The maximum atomic E-state index is 4.12. The summed E-state index contributed by atoms with van der Waals surface area (Å²) in [6, 6.07) is 2.10. The molecule has 1 heterocycles. The molecule has 2 heteroatoms. The lowest BCUT2D eigenvalue weighted by molar-refractivity contribution is 0.938. The normalized spacial score (nSPS) is 9.89. The summed E-state index contributed by atoms with van der Waals surface area (Å²) in [5.74, 6) is 0.977. The van der Waals surface area contributed by atoms with Crippen LogP contribution in [0.15, 0.2) is 18.5 Å². The van der Waals surface area contributed by atoms with Crippen molar-refractivity contribution in [2.45, 2.75) is 12.8 Å². The highest BCUT2D eigenvalue weighted by Crippen LogP contribution is 2.00. The van der Waals surface area contributed by atoms with Crippen LogP contribution in [0.25, 0.3) is 0 Å². The summed E-state index contributed by atoms with van der Waals surface area (Å²) in [4.78, 5) is 3.01. The van der Waals surface area contributed by atoms with Crippen LogP contribution in [0.2, 0.25) is 0 Å². The third-order valence-electron chi connectivity index (χ3n) is 1.29. The maximum absolute atomic E-state index is 4.12. The van der Waals surface area contributed by atoms with Crippen molar-refractivity contribution in [3.05, 3.63) is 24.0 Å². The number of hydrogen-bond donors (Lipinski definition) is 2. The van der Waals surface area contributed by atoms with Crippen molar-refractivity contribution in [2.75, 3.05) is 5.75 Å². The first-order valence-electron chi connectivity index (χ1n) is 3.16. The lowest BCUT2D eigenvalue weighted by Crippen LogP contribution is -1.81. The Morgan fingerprint density at radius 1 is 1.56 bits per heavy atom. The van der Waals surface area contributed by atoms with Crippen molar-refractivity contribution in [1.82, 2.24) is 4.98 Å². The molecule has 50 valence electrons. The number of aryl methyl sites for hydroxylation is 1. The number of nitrogens with one attached hydrogen (secondary N) is 1. The highest BCUT2D eigenvalue weighted by Gasteiger charge is 1.88. The summed E-state index contributed by atoms with van der Waals surface area (Å²) in [6.45, 7) is 0. The molecule has 0 saturated heterocycles. The van der Waals surface area contributed by atoms with Gasteiger partial charge in [0.05, 0.1) is 0 Å². The molecule has 0 atom stereocenters. The Labute approximate surface area is 60.9 Å². The van der Waals surface area contributed by atoms with Crippen LogP contribution in [-0.2, 0) is 6.42 Å². The lowest BCUT2D eigenvalue weighted by Gasteiger charge is -1.90. The molecule has 0 spiro atoms. The summed E-state index contributed by atoms with van der Waals surface area (Å²) >= 11 is 4.12.